The number of carbonyl (C=O) groups is 2. The first-order valence-electron chi connectivity index (χ1n) is 13.1. The summed E-state index contributed by atoms with van der Waals surface area (Å²) in [5.41, 5.74) is 1.40. The molecule has 39 heavy (non-hydrogen) atoms. The van der Waals surface area contributed by atoms with Gasteiger partial charge in [-0.1, -0.05) is 23.5 Å². The van der Waals surface area contributed by atoms with Gasteiger partial charge in [0.2, 0.25) is 10.0 Å². The molecule has 12 heteroatoms. The molecule has 2 saturated heterocycles. The molecule has 2 aliphatic rings. The first-order valence-corrected chi connectivity index (χ1v) is 15.4. The third kappa shape index (κ3) is 6.18. The fourth-order valence-electron chi connectivity index (χ4n) is 4.83. The van der Waals surface area contributed by atoms with Crippen molar-refractivity contribution < 1.29 is 27.5 Å². The molecule has 3 aromatic rings. The van der Waals surface area contributed by atoms with E-state index in [2.05, 4.69) is 4.98 Å². The summed E-state index contributed by atoms with van der Waals surface area (Å²) in [6.45, 7) is 4.76. The zero-order valence-corrected chi connectivity index (χ0v) is 23.5. The molecule has 0 radical (unpaired) electrons. The molecule has 0 unspecified atom stereocenters. The molecule has 10 nitrogen and oxygen atoms in total. The number of nitrogens with zero attached hydrogens (tertiary/aromatic N) is 4. The SMILES string of the molecule is CCOC(=O)N1CCN(S(=O)(=O)c2ccc(C(=O)N3CCC(COc4nc5ccccc5s4)CC3)cc2)CC1. The number of piperidine rings is 1. The van der Waals surface area contributed by atoms with Gasteiger partial charge in [0.15, 0.2) is 0 Å². The number of hydrogen-bond donors (Lipinski definition) is 0. The minimum Gasteiger partial charge on any atom is -0.470 e. The zero-order valence-electron chi connectivity index (χ0n) is 21.8. The van der Waals surface area contributed by atoms with Gasteiger partial charge >= 0.3 is 6.09 Å². The van der Waals surface area contributed by atoms with Crippen molar-refractivity contribution in [3.05, 3.63) is 54.1 Å². The molecule has 0 aliphatic carbocycles. The van der Waals surface area contributed by atoms with Crippen molar-refractivity contribution in [2.45, 2.75) is 24.7 Å². The quantitative estimate of drug-likeness (QED) is 0.425. The Kier molecular flexibility index (Phi) is 8.34. The summed E-state index contributed by atoms with van der Waals surface area (Å²) in [4.78, 5) is 32.9. The van der Waals surface area contributed by atoms with E-state index in [-0.39, 0.29) is 43.6 Å². The second kappa shape index (κ2) is 11.9. The number of amides is 2. The maximum absolute atomic E-state index is 13.1. The van der Waals surface area contributed by atoms with Crippen LogP contribution in [0.4, 0.5) is 4.79 Å². The van der Waals surface area contributed by atoms with Gasteiger partial charge in [-0.05, 0) is 62.1 Å². The standard InChI is InChI=1S/C27H32N4O6S2/c1-2-36-27(33)30-15-17-31(18-16-30)39(34,35)22-9-7-21(8-10-22)25(32)29-13-11-20(12-14-29)19-37-26-28-23-5-3-4-6-24(23)38-26/h3-10,20H,2,11-19H2,1H3. The lowest BCUT2D eigenvalue weighted by atomic mass is 9.97. The summed E-state index contributed by atoms with van der Waals surface area (Å²) in [6.07, 6.45) is 1.24. The van der Waals surface area contributed by atoms with E-state index in [1.54, 1.807) is 19.1 Å². The molecular weight excluding hydrogens is 540 g/mol. The molecule has 3 heterocycles. The first-order chi connectivity index (χ1) is 18.8. The number of fused-ring (bicyclic) bond motifs is 1. The van der Waals surface area contributed by atoms with Gasteiger partial charge in [0, 0.05) is 44.8 Å². The molecular formula is C27H32N4O6S2. The van der Waals surface area contributed by atoms with Crippen molar-refractivity contribution in [2.24, 2.45) is 5.92 Å². The second-order valence-electron chi connectivity index (χ2n) is 9.61. The van der Waals surface area contributed by atoms with E-state index >= 15 is 0 Å². The lowest BCUT2D eigenvalue weighted by molar-refractivity contribution is 0.0661. The Morgan fingerprint density at radius 1 is 0.949 bits per heavy atom. The zero-order chi connectivity index (χ0) is 27.4. The van der Waals surface area contributed by atoms with E-state index in [0.29, 0.717) is 36.4 Å². The van der Waals surface area contributed by atoms with E-state index in [0.717, 1.165) is 23.1 Å². The Morgan fingerprint density at radius 3 is 2.31 bits per heavy atom. The number of thiazole rings is 1. The van der Waals surface area contributed by atoms with Crippen LogP contribution in [0.3, 0.4) is 0 Å². The maximum atomic E-state index is 13.1. The number of piperazine rings is 1. The van der Waals surface area contributed by atoms with Crippen molar-refractivity contribution in [1.82, 2.24) is 19.1 Å². The Balaban J connectivity index is 1.11. The molecule has 0 atom stereocenters. The highest BCUT2D eigenvalue weighted by Crippen LogP contribution is 2.29. The molecule has 208 valence electrons. The maximum Gasteiger partial charge on any atom is 0.409 e. The Labute approximate surface area is 232 Å². The van der Waals surface area contributed by atoms with Gasteiger partial charge in [0.05, 0.1) is 28.3 Å². The number of sulfonamides is 1. The van der Waals surface area contributed by atoms with Crippen molar-refractivity contribution in [3.63, 3.8) is 0 Å². The second-order valence-corrected chi connectivity index (χ2v) is 12.5. The van der Waals surface area contributed by atoms with Gasteiger partial charge in [-0.15, -0.1) is 0 Å². The van der Waals surface area contributed by atoms with Gasteiger partial charge < -0.3 is 19.3 Å². The molecule has 0 saturated carbocycles. The van der Waals surface area contributed by atoms with Crippen LogP contribution in [-0.4, -0.2) is 92.0 Å². The largest absolute Gasteiger partial charge is 0.470 e. The number of aromatic nitrogens is 1. The van der Waals surface area contributed by atoms with Gasteiger partial charge in [-0.2, -0.15) is 4.31 Å². The molecule has 2 amide bonds. The minimum absolute atomic E-state index is 0.104. The van der Waals surface area contributed by atoms with E-state index in [1.807, 2.05) is 29.2 Å². The van der Waals surface area contributed by atoms with Gasteiger partial charge in [-0.25, -0.2) is 18.2 Å². The number of benzene rings is 2. The lowest BCUT2D eigenvalue weighted by Gasteiger charge is -2.33. The molecule has 2 fully saturated rings. The van der Waals surface area contributed by atoms with Gasteiger partial charge in [0.25, 0.3) is 11.1 Å². The highest BCUT2D eigenvalue weighted by atomic mass is 32.2. The minimum atomic E-state index is -3.72. The van der Waals surface area contributed by atoms with Crippen LogP contribution in [-0.2, 0) is 14.8 Å². The average Bonchev–Trinajstić information content (AvgIpc) is 3.39. The number of hydrogen-bond acceptors (Lipinski definition) is 8. The van der Waals surface area contributed by atoms with Crippen LogP contribution < -0.4 is 4.74 Å². The normalized spacial score (nSPS) is 17.4. The highest BCUT2D eigenvalue weighted by molar-refractivity contribution is 7.89. The van der Waals surface area contributed by atoms with Crippen molar-refractivity contribution in [1.29, 1.82) is 0 Å². The van der Waals surface area contributed by atoms with E-state index in [9.17, 15) is 18.0 Å². The molecule has 0 bridgehead atoms. The van der Waals surface area contributed by atoms with Crippen LogP contribution in [0.15, 0.2) is 53.4 Å². The molecule has 5 rings (SSSR count). The summed E-state index contributed by atoms with van der Waals surface area (Å²) in [5, 5.41) is 0.672. The van der Waals surface area contributed by atoms with Gasteiger partial charge in [0.1, 0.15) is 0 Å². The first kappa shape index (κ1) is 27.4. The summed E-state index contributed by atoms with van der Waals surface area (Å²) in [7, 11) is -3.72. The number of ether oxygens (including phenoxy) is 2. The van der Waals surface area contributed by atoms with Crippen LogP contribution >= 0.6 is 11.3 Å². The van der Waals surface area contributed by atoms with Crippen LogP contribution in [0.1, 0.15) is 30.1 Å². The van der Waals surface area contributed by atoms with Crippen molar-refractivity contribution >= 4 is 43.6 Å². The predicted molar refractivity (Wildman–Crippen MR) is 148 cm³/mol. The summed E-state index contributed by atoms with van der Waals surface area (Å²) in [5.74, 6) is 0.241. The van der Waals surface area contributed by atoms with E-state index in [4.69, 9.17) is 9.47 Å². The average molecular weight is 573 g/mol. The van der Waals surface area contributed by atoms with Gasteiger partial charge in [-0.3, -0.25) is 4.79 Å². The summed E-state index contributed by atoms with van der Waals surface area (Å²) < 4.78 is 39.6. The number of likely N-dealkylation sites (tertiary alicyclic amines) is 1. The third-order valence-electron chi connectivity index (χ3n) is 7.12. The van der Waals surface area contributed by atoms with Crippen LogP contribution in [0, 0.1) is 5.92 Å². The molecule has 2 aliphatic heterocycles. The Bertz CT molecular complexity index is 1380. The summed E-state index contributed by atoms with van der Waals surface area (Å²) in [6, 6.07) is 14.1. The highest BCUT2D eigenvalue weighted by Gasteiger charge is 2.31. The summed E-state index contributed by atoms with van der Waals surface area (Å²) >= 11 is 1.54. The van der Waals surface area contributed by atoms with Crippen molar-refractivity contribution in [3.8, 4) is 5.19 Å². The van der Waals surface area contributed by atoms with E-state index in [1.165, 1.54) is 32.7 Å². The van der Waals surface area contributed by atoms with Crippen LogP contribution in [0.25, 0.3) is 10.2 Å². The van der Waals surface area contributed by atoms with Crippen molar-refractivity contribution in [2.75, 3.05) is 52.5 Å². The number of carbonyl (C=O) groups excluding carboxylic acids is 2. The van der Waals surface area contributed by atoms with Crippen LogP contribution in [0.2, 0.25) is 0 Å². The fraction of sp³-hybridized carbons (Fsp3) is 0.444. The fourth-order valence-corrected chi connectivity index (χ4v) is 7.08. The van der Waals surface area contributed by atoms with Crippen LogP contribution in [0.5, 0.6) is 5.19 Å². The lowest BCUT2D eigenvalue weighted by Crippen LogP contribution is -2.50. The Hall–Kier alpha value is -3.22. The number of rotatable bonds is 7. The molecule has 1 aromatic heterocycles. The molecule has 0 spiro atoms. The Morgan fingerprint density at radius 2 is 1.64 bits per heavy atom. The molecule has 0 N–H and O–H groups in total. The predicted octanol–water partition coefficient (Wildman–Crippen LogP) is 3.69. The smallest absolute Gasteiger partial charge is 0.409 e. The molecule has 2 aromatic carbocycles. The monoisotopic (exact) mass is 572 g/mol. The number of para-hydroxylation sites is 1. The topological polar surface area (TPSA) is 109 Å². The van der Waals surface area contributed by atoms with E-state index < -0.39 is 16.1 Å². The third-order valence-corrected chi connectivity index (χ3v) is 9.98.